The number of pyridine rings is 1. The minimum absolute atomic E-state index is 0.669. The maximum absolute atomic E-state index is 5.80. The van der Waals surface area contributed by atoms with Crippen LogP contribution in [0.1, 0.15) is 37.3 Å². The predicted octanol–water partition coefficient (Wildman–Crippen LogP) is 2.32. The molecular weight excluding hydrogens is 328 g/mol. The van der Waals surface area contributed by atoms with Crippen LogP contribution in [0.15, 0.2) is 23.5 Å². The summed E-state index contributed by atoms with van der Waals surface area (Å²) >= 11 is 0. The largest absolute Gasteiger partial charge is 0.381 e. The van der Waals surface area contributed by atoms with Gasteiger partial charge in [-0.05, 0) is 62.6 Å². The topological polar surface area (TPSA) is 67.8 Å². The molecule has 26 heavy (non-hydrogen) atoms. The molecule has 2 rings (SSSR count). The van der Waals surface area contributed by atoms with Gasteiger partial charge in [0.15, 0.2) is 5.96 Å². The quantitative estimate of drug-likeness (QED) is 0.380. The average Bonchev–Trinajstić information content (AvgIpc) is 2.67. The molecule has 6 heteroatoms. The summed E-state index contributed by atoms with van der Waals surface area (Å²) in [5.74, 6) is 1.55. The summed E-state index contributed by atoms with van der Waals surface area (Å²) in [4.78, 5) is 8.77. The molecule has 1 fully saturated rings. The molecule has 0 atom stereocenters. The molecule has 0 aromatic carbocycles. The number of hydrogen-bond donors (Lipinski definition) is 2. The van der Waals surface area contributed by atoms with E-state index in [9.17, 15) is 0 Å². The highest BCUT2D eigenvalue weighted by atomic mass is 16.5. The van der Waals surface area contributed by atoms with Crippen molar-refractivity contribution >= 4 is 5.96 Å². The highest BCUT2D eigenvalue weighted by Gasteiger charge is 2.13. The summed E-state index contributed by atoms with van der Waals surface area (Å²) in [5, 5.41) is 6.70. The maximum atomic E-state index is 5.80. The molecule has 0 aliphatic carbocycles. The third-order valence-electron chi connectivity index (χ3n) is 4.58. The van der Waals surface area contributed by atoms with E-state index < -0.39 is 0 Å². The Kier molecular flexibility index (Phi) is 10.1. The van der Waals surface area contributed by atoms with Gasteiger partial charge in [0.05, 0.1) is 0 Å². The fourth-order valence-electron chi connectivity index (χ4n) is 2.96. The van der Waals surface area contributed by atoms with Crippen LogP contribution in [-0.4, -0.2) is 57.0 Å². The third kappa shape index (κ3) is 8.15. The molecule has 2 N–H and O–H groups in total. The van der Waals surface area contributed by atoms with Crippen molar-refractivity contribution in [1.29, 1.82) is 0 Å². The second-order valence-corrected chi connectivity index (χ2v) is 6.72. The Bertz CT molecular complexity index is 530. The molecule has 1 aromatic rings. The van der Waals surface area contributed by atoms with Gasteiger partial charge in [0.1, 0.15) is 0 Å². The lowest BCUT2D eigenvalue weighted by atomic mass is 10.0. The minimum atomic E-state index is 0.669. The van der Waals surface area contributed by atoms with Gasteiger partial charge in [-0.25, -0.2) is 0 Å². The number of hydrogen-bond acceptors (Lipinski definition) is 4. The van der Waals surface area contributed by atoms with E-state index in [1.807, 2.05) is 12.4 Å². The molecule has 0 radical (unpaired) electrons. The van der Waals surface area contributed by atoms with Gasteiger partial charge in [0.2, 0.25) is 0 Å². The van der Waals surface area contributed by atoms with Gasteiger partial charge in [0.25, 0.3) is 0 Å². The van der Waals surface area contributed by atoms with Crippen LogP contribution < -0.4 is 10.6 Å². The molecular formula is C20H34N4O2. The minimum Gasteiger partial charge on any atom is -0.381 e. The number of aryl methyl sites for hydroxylation is 1. The van der Waals surface area contributed by atoms with Crippen molar-refractivity contribution in [2.45, 2.75) is 39.5 Å². The number of rotatable bonds is 10. The monoisotopic (exact) mass is 362 g/mol. The van der Waals surface area contributed by atoms with Gasteiger partial charge < -0.3 is 20.1 Å². The number of ether oxygens (including phenoxy) is 2. The van der Waals surface area contributed by atoms with Gasteiger partial charge in [-0.15, -0.1) is 0 Å². The molecule has 1 aliphatic rings. The number of aromatic nitrogens is 1. The zero-order chi connectivity index (χ0) is 18.5. The van der Waals surface area contributed by atoms with Crippen LogP contribution in [-0.2, 0) is 15.9 Å². The SMILES string of the molecule is CCNC(=NCCCOCC1CCOCC1)NCCc1ccncc1C. The summed E-state index contributed by atoms with van der Waals surface area (Å²) in [7, 11) is 0. The van der Waals surface area contributed by atoms with Crippen LogP contribution in [0.2, 0.25) is 0 Å². The number of guanidine groups is 1. The van der Waals surface area contributed by atoms with E-state index in [0.717, 1.165) is 77.7 Å². The van der Waals surface area contributed by atoms with Crippen LogP contribution in [0, 0.1) is 12.8 Å². The fourth-order valence-corrected chi connectivity index (χ4v) is 2.96. The van der Waals surface area contributed by atoms with Crippen LogP contribution in [0.3, 0.4) is 0 Å². The summed E-state index contributed by atoms with van der Waals surface area (Å²) in [6.07, 6.45) is 7.93. The Labute approximate surface area is 157 Å². The lowest BCUT2D eigenvalue weighted by Gasteiger charge is -2.21. The molecule has 1 aromatic heterocycles. The summed E-state index contributed by atoms with van der Waals surface area (Å²) < 4.78 is 11.2. The first-order chi connectivity index (χ1) is 12.8. The fraction of sp³-hybridized carbons (Fsp3) is 0.700. The van der Waals surface area contributed by atoms with E-state index in [0.29, 0.717) is 5.92 Å². The highest BCUT2D eigenvalue weighted by molar-refractivity contribution is 5.79. The van der Waals surface area contributed by atoms with E-state index in [1.54, 1.807) is 0 Å². The Balaban J connectivity index is 1.60. The van der Waals surface area contributed by atoms with Gasteiger partial charge in [-0.3, -0.25) is 9.98 Å². The Hall–Kier alpha value is -1.66. The molecule has 0 saturated carbocycles. The van der Waals surface area contributed by atoms with Crippen LogP contribution in [0.5, 0.6) is 0 Å². The van der Waals surface area contributed by atoms with Gasteiger partial charge in [0, 0.05) is 58.5 Å². The van der Waals surface area contributed by atoms with Crippen LogP contribution in [0.25, 0.3) is 0 Å². The molecule has 1 aliphatic heterocycles. The van der Waals surface area contributed by atoms with Gasteiger partial charge >= 0.3 is 0 Å². The summed E-state index contributed by atoms with van der Waals surface area (Å²) in [5.41, 5.74) is 2.56. The number of aliphatic imine (C=N–C) groups is 1. The van der Waals surface area contributed by atoms with Crippen molar-refractivity contribution in [2.75, 3.05) is 46.1 Å². The first-order valence-corrected chi connectivity index (χ1v) is 9.86. The van der Waals surface area contributed by atoms with Crippen molar-refractivity contribution < 1.29 is 9.47 Å². The van der Waals surface area contributed by atoms with Crippen molar-refractivity contribution in [3.8, 4) is 0 Å². The van der Waals surface area contributed by atoms with E-state index >= 15 is 0 Å². The Morgan fingerprint density at radius 1 is 1.35 bits per heavy atom. The zero-order valence-corrected chi connectivity index (χ0v) is 16.3. The standard InChI is InChI=1S/C20H34N4O2/c1-3-22-20(24-11-6-19-5-10-21-15-17(19)2)23-9-4-12-26-16-18-7-13-25-14-8-18/h5,10,15,18H,3-4,6-9,11-14,16H2,1-2H3,(H2,22,23,24). The van der Waals surface area contributed by atoms with Crippen molar-refractivity contribution in [3.63, 3.8) is 0 Å². The molecule has 1 saturated heterocycles. The van der Waals surface area contributed by atoms with Crippen molar-refractivity contribution in [1.82, 2.24) is 15.6 Å². The van der Waals surface area contributed by atoms with E-state index in [-0.39, 0.29) is 0 Å². The lowest BCUT2D eigenvalue weighted by molar-refractivity contribution is 0.0205. The van der Waals surface area contributed by atoms with E-state index in [2.05, 4.69) is 40.5 Å². The van der Waals surface area contributed by atoms with Gasteiger partial charge in [-0.2, -0.15) is 0 Å². The Morgan fingerprint density at radius 2 is 2.19 bits per heavy atom. The molecule has 0 amide bonds. The molecule has 6 nitrogen and oxygen atoms in total. The molecule has 146 valence electrons. The number of nitrogens with one attached hydrogen (secondary N) is 2. The van der Waals surface area contributed by atoms with E-state index in [4.69, 9.17) is 9.47 Å². The zero-order valence-electron chi connectivity index (χ0n) is 16.3. The molecule has 2 heterocycles. The normalized spacial score (nSPS) is 15.8. The second-order valence-electron chi connectivity index (χ2n) is 6.72. The Morgan fingerprint density at radius 3 is 2.96 bits per heavy atom. The number of nitrogens with zero attached hydrogens (tertiary/aromatic N) is 2. The first-order valence-electron chi connectivity index (χ1n) is 9.86. The summed E-state index contributed by atoms with van der Waals surface area (Å²) in [6, 6.07) is 2.08. The smallest absolute Gasteiger partial charge is 0.191 e. The first kappa shape index (κ1) is 20.6. The summed E-state index contributed by atoms with van der Waals surface area (Å²) in [6.45, 7) is 10.1. The lowest BCUT2D eigenvalue weighted by Crippen LogP contribution is -2.38. The third-order valence-corrected chi connectivity index (χ3v) is 4.58. The van der Waals surface area contributed by atoms with E-state index in [1.165, 1.54) is 11.1 Å². The van der Waals surface area contributed by atoms with Crippen molar-refractivity contribution in [3.05, 3.63) is 29.6 Å². The molecule has 0 unspecified atom stereocenters. The second kappa shape index (κ2) is 12.7. The van der Waals surface area contributed by atoms with Gasteiger partial charge in [-0.1, -0.05) is 0 Å². The maximum Gasteiger partial charge on any atom is 0.191 e. The van der Waals surface area contributed by atoms with Crippen molar-refractivity contribution in [2.24, 2.45) is 10.9 Å². The average molecular weight is 363 g/mol. The highest BCUT2D eigenvalue weighted by Crippen LogP contribution is 2.14. The van der Waals surface area contributed by atoms with Crippen LogP contribution in [0.4, 0.5) is 0 Å². The molecule has 0 bridgehead atoms. The predicted molar refractivity (Wildman–Crippen MR) is 106 cm³/mol. The van der Waals surface area contributed by atoms with Crippen LogP contribution >= 0.6 is 0 Å². The molecule has 0 spiro atoms.